The molecule has 0 atom stereocenters. The summed E-state index contributed by atoms with van der Waals surface area (Å²) in [4.78, 5) is 21.8. The van der Waals surface area contributed by atoms with E-state index in [1.54, 1.807) is 0 Å². The van der Waals surface area contributed by atoms with Crippen molar-refractivity contribution in [2.75, 3.05) is 13.2 Å². The van der Waals surface area contributed by atoms with Gasteiger partial charge in [-0.15, -0.1) is 0 Å². The molecule has 0 bridgehead atoms. The number of carbonyl (C=O) groups is 2. The maximum absolute atomic E-state index is 10.9. The zero-order valence-electron chi connectivity index (χ0n) is 8.01. The molecule has 0 fully saturated rings. The molecule has 0 rings (SSSR count). The number of nitrogens with one attached hydrogen (secondary N) is 1. The monoisotopic (exact) mass is 187 g/mol. The normalized spacial score (nSPS) is 9.69. The SMILES string of the molecule is CCC(=O)CCCC(=O)NCCO. The Morgan fingerprint density at radius 3 is 2.54 bits per heavy atom. The first-order valence-electron chi connectivity index (χ1n) is 4.60. The second-order valence-electron chi connectivity index (χ2n) is 2.82. The van der Waals surface area contributed by atoms with Crippen molar-refractivity contribution in [2.45, 2.75) is 32.6 Å². The minimum Gasteiger partial charge on any atom is -0.395 e. The Labute approximate surface area is 78.3 Å². The van der Waals surface area contributed by atoms with Crippen molar-refractivity contribution in [3.63, 3.8) is 0 Å². The van der Waals surface area contributed by atoms with E-state index in [1.807, 2.05) is 6.92 Å². The molecular weight excluding hydrogens is 170 g/mol. The van der Waals surface area contributed by atoms with Gasteiger partial charge in [0.15, 0.2) is 0 Å². The summed E-state index contributed by atoms with van der Waals surface area (Å²) in [6, 6.07) is 0. The van der Waals surface area contributed by atoms with Crippen LogP contribution in [0.3, 0.4) is 0 Å². The number of ketones is 1. The van der Waals surface area contributed by atoms with Crippen LogP contribution in [0.5, 0.6) is 0 Å². The number of rotatable bonds is 7. The number of aliphatic hydroxyl groups is 1. The molecule has 0 aliphatic heterocycles. The van der Waals surface area contributed by atoms with Gasteiger partial charge in [-0.25, -0.2) is 0 Å². The Morgan fingerprint density at radius 1 is 1.31 bits per heavy atom. The van der Waals surface area contributed by atoms with Crippen LogP contribution in [-0.2, 0) is 9.59 Å². The minimum absolute atomic E-state index is 0.0420. The number of Topliss-reactive ketones (excluding diaryl/α,β-unsaturated/α-hetero) is 1. The predicted octanol–water partition coefficient (Wildman–Crippen LogP) is 0.244. The molecule has 13 heavy (non-hydrogen) atoms. The van der Waals surface area contributed by atoms with Crippen molar-refractivity contribution in [1.29, 1.82) is 0 Å². The fraction of sp³-hybridized carbons (Fsp3) is 0.778. The zero-order valence-corrected chi connectivity index (χ0v) is 8.01. The molecule has 0 aliphatic carbocycles. The summed E-state index contributed by atoms with van der Waals surface area (Å²) >= 11 is 0. The molecule has 0 saturated carbocycles. The molecule has 0 spiro atoms. The lowest BCUT2D eigenvalue weighted by atomic mass is 10.1. The van der Waals surface area contributed by atoms with Crippen molar-refractivity contribution >= 4 is 11.7 Å². The van der Waals surface area contributed by atoms with Crippen LogP contribution >= 0.6 is 0 Å². The van der Waals surface area contributed by atoms with Gasteiger partial charge in [0.1, 0.15) is 5.78 Å². The Kier molecular flexibility index (Phi) is 7.20. The van der Waals surface area contributed by atoms with Crippen molar-refractivity contribution in [1.82, 2.24) is 5.32 Å². The molecule has 0 aromatic heterocycles. The summed E-state index contributed by atoms with van der Waals surface area (Å²) in [5.41, 5.74) is 0. The molecule has 76 valence electrons. The Bertz CT molecular complexity index is 168. The van der Waals surface area contributed by atoms with Gasteiger partial charge in [0.25, 0.3) is 0 Å². The minimum atomic E-state index is -0.0991. The average Bonchev–Trinajstić information content (AvgIpc) is 2.14. The van der Waals surface area contributed by atoms with Gasteiger partial charge < -0.3 is 10.4 Å². The van der Waals surface area contributed by atoms with E-state index in [1.165, 1.54) is 0 Å². The van der Waals surface area contributed by atoms with Gasteiger partial charge >= 0.3 is 0 Å². The molecule has 0 heterocycles. The van der Waals surface area contributed by atoms with Crippen LogP contribution in [0.4, 0.5) is 0 Å². The molecule has 4 nitrogen and oxygen atoms in total. The highest BCUT2D eigenvalue weighted by molar-refractivity contribution is 5.79. The molecule has 0 aromatic carbocycles. The first kappa shape index (κ1) is 12.1. The summed E-state index contributed by atoms with van der Waals surface area (Å²) in [7, 11) is 0. The van der Waals surface area contributed by atoms with Crippen molar-refractivity contribution < 1.29 is 14.7 Å². The van der Waals surface area contributed by atoms with E-state index in [0.717, 1.165) is 0 Å². The first-order valence-corrected chi connectivity index (χ1v) is 4.60. The standard InChI is InChI=1S/C9H17NO3/c1-2-8(12)4-3-5-9(13)10-6-7-11/h11H,2-7H2,1H3,(H,10,13). The second kappa shape index (κ2) is 7.73. The van der Waals surface area contributed by atoms with Crippen LogP contribution in [0.2, 0.25) is 0 Å². The lowest BCUT2D eigenvalue weighted by Gasteiger charge is -2.01. The molecule has 2 N–H and O–H groups in total. The molecule has 0 saturated heterocycles. The van der Waals surface area contributed by atoms with Crippen LogP contribution in [-0.4, -0.2) is 29.9 Å². The Hall–Kier alpha value is -0.900. The summed E-state index contributed by atoms with van der Waals surface area (Å²) in [5, 5.41) is 10.9. The highest BCUT2D eigenvalue weighted by Crippen LogP contribution is 1.98. The Morgan fingerprint density at radius 2 is 2.00 bits per heavy atom. The molecule has 1 amide bonds. The topological polar surface area (TPSA) is 66.4 Å². The number of carbonyl (C=O) groups excluding carboxylic acids is 2. The van der Waals surface area contributed by atoms with Gasteiger partial charge in [0.05, 0.1) is 6.61 Å². The maximum Gasteiger partial charge on any atom is 0.220 e. The first-order chi connectivity index (χ1) is 6.20. The van der Waals surface area contributed by atoms with E-state index in [4.69, 9.17) is 5.11 Å². The van der Waals surface area contributed by atoms with Crippen LogP contribution < -0.4 is 5.32 Å². The van der Waals surface area contributed by atoms with Gasteiger partial charge in [0, 0.05) is 25.8 Å². The zero-order chi connectivity index (χ0) is 10.1. The van der Waals surface area contributed by atoms with Crippen LogP contribution in [0, 0.1) is 0 Å². The maximum atomic E-state index is 10.9. The summed E-state index contributed by atoms with van der Waals surface area (Å²) in [6.45, 7) is 2.06. The smallest absolute Gasteiger partial charge is 0.220 e. The fourth-order valence-corrected chi connectivity index (χ4v) is 0.907. The highest BCUT2D eigenvalue weighted by atomic mass is 16.3. The number of hydrogen-bond donors (Lipinski definition) is 2. The third-order valence-electron chi connectivity index (χ3n) is 1.69. The lowest BCUT2D eigenvalue weighted by molar-refractivity contribution is -0.121. The summed E-state index contributed by atoms with van der Waals surface area (Å²) in [5.74, 6) is 0.0907. The van der Waals surface area contributed by atoms with Crippen molar-refractivity contribution in [2.24, 2.45) is 0 Å². The van der Waals surface area contributed by atoms with Gasteiger partial charge in [-0.05, 0) is 6.42 Å². The van der Waals surface area contributed by atoms with Gasteiger partial charge in [-0.2, -0.15) is 0 Å². The largest absolute Gasteiger partial charge is 0.395 e. The van der Waals surface area contributed by atoms with E-state index in [2.05, 4.69) is 5.32 Å². The summed E-state index contributed by atoms with van der Waals surface area (Å²) < 4.78 is 0. The Balaban J connectivity index is 3.31. The number of aliphatic hydroxyl groups excluding tert-OH is 1. The average molecular weight is 187 g/mol. The third kappa shape index (κ3) is 7.46. The van der Waals surface area contributed by atoms with E-state index in [0.29, 0.717) is 32.2 Å². The number of amides is 1. The molecule has 0 aromatic rings. The highest BCUT2D eigenvalue weighted by Gasteiger charge is 2.02. The van der Waals surface area contributed by atoms with Gasteiger partial charge in [-0.3, -0.25) is 9.59 Å². The van der Waals surface area contributed by atoms with Crippen LogP contribution in [0.25, 0.3) is 0 Å². The molecule has 0 radical (unpaired) electrons. The fourth-order valence-electron chi connectivity index (χ4n) is 0.907. The lowest BCUT2D eigenvalue weighted by Crippen LogP contribution is -2.26. The van der Waals surface area contributed by atoms with Gasteiger partial charge in [0.2, 0.25) is 5.91 Å². The molecular formula is C9H17NO3. The van der Waals surface area contributed by atoms with Crippen molar-refractivity contribution in [3.8, 4) is 0 Å². The van der Waals surface area contributed by atoms with E-state index in [9.17, 15) is 9.59 Å². The third-order valence-corrected chi connectivity index (χ3v) is 1.69. The number of hydrogen-bond acceptors (Lipinski definition) is 3. The molecule has 0 unspecified atom stereocenters. The predicted molar refractivity (Wildman–Crippen MR) is 49.2 cm³/mol. The quantitative estimate of drug-likeness (QED) is 0.600. The van der Waals surface area contributed by atoms with Crippen LogP contribution in [0.1, 0.15) is 32.6 Å². The van der Waals surface area contributed by atoms with E-state index >= 15 is 0 Å². The van der Waals surface area contributed by atoms with E-state index < -0.39 is 0 Å². The van der Waals surface area contributed by atoms with Gasteiger partial charge in [-0.1, -0.05) is 6.92 Å². The van der Waals surface area contributed by atoms with Crippen LogP contribution in [0.15, 0.2) is 0 Å². The second-order valence-corrected chi connectivity index (χ2v) is 2.82. The molecule has 4 heteroatoms. The van der Waals surface area contributed by atoms with Crippen molar-refractivity contribution in [3.05, 3.63) is 0 Å². The van der Waals surface area contributed by atoms with E-state index in [-0.39, 0.29) is 18.3 Å². The molecule has 0 aliphatic rings. The summed E-state index contributed by atoms with van der Waals surface area (Å²) in [6.07, 6.45) is 1.98.